The Morgan fingerprint density at radius 2 is 2.20 bits per heavy atom. The number of nitrogens with zero attached hydrogens (tertiary/aromatic N) is 4. The Morgan fingerprint density at radius 1 is 1.30 bits per heavy atom. The largest absolute Gasteiger partial charge is 0.353 e. The van der Waals surface area contributed by atoms with Crippen LogP contribution in [0.2, 0.25) is 0 Å². The summed E-state index contributed by atoms with van der Waals surface area (Å²) >= 11 is 0. The predicted molar refractivity (Wildman–Crippen MR) is 78.2 cm³/mol. The van der Waals surface area contributed by atoms with Crippen molar-refractivity contribution in [2.24, 2.45) is 7.05 Å². The first-order valence-electron chi connectivity index (χ1n) is 7.51. The summed E-state index contributed by atoms with van der Waals surface area (Å²) in [5.41, 5.74) is 1.28. The average Bonchev–Trinajstić information content (AvgIpc) is 2.96. The summed E-state index contributed by atoms with van der Waals surface area (Å²) in [6, 6.07) is 4.44. The second kappa shape index (κ2) is 5.79. The van der Waals surface area contributed by atoms with E-state index >= 15 is 0 Å². The highest BCUT2D eigenvalue weighted by molar-refractivity contribution is 5.07. The maximum atomic E-state index is 4.41. The van der Waals surface area contributed by atoms with Gasteiger partial charge in [0.05, 0.1) is 6.04 Å². The Bertz CT molecular complexity index is 569. The van der Waals surface area contributed by atoms with Crippen molar-refractivity contribution in [1.29, 1.82) is 0 Å². The fourth-order valence-corrected chi connectivity index (χ4v) is 2.86. The molecular weight excluding hydrogens is 250 g/mol. The predicted octanol–water partition coefficient (Wildman–Crippen LogP) is 2.19. The van der Waals surface area contributed by atoms with Crippen molar-refractivity contribution in [1.82, 2.24) is 24.6 Å². The van der Waals surface area contributed by atoms with E-state index in [1.807, 2.05) is 0 Å². The second-order valence-corrected chi connectivity index (χ2v) is 5.65. The summed E-state index contributed by atoms with van der Waals surface area (Å²) in [7, 11) is 2.07. The third-order valence-electron chi connectivity index (χ3n) is 4.17. The van der Waals surface area contributed by atoms with E-state index in [1.54, 1.807) is 0 Å². The molecule has 1 aliphatic heterocycles. The second-order valence-electron chi connectivity index (χ2n) is 5.65. The van der Waals surface area contributed by atoms with Crippen LogP contribution in [0.5, 0.6) is 0 Å². The van der Waals surface area contributed by atoms with Crippen LogP contribution < -0.4 is 5.32 Å². The lowest BCUT2D eigenvalue weighted by Gasteiger charge is -2.15. The van der Waals surface area contributed by atoms with Crippen LogP contribution in [0, 0.1) is 0 Å². The molecule has 1 aliphatic rings. The number of hydrogen-bond acceptors (Lipinski definition) is 3. The lowest BCUT2D eigenvalue weighted by Crippen LogP contribution is -2.23. The molecule has 1 N–H and O–H groups in total. The number of aromatic nitrogens is 4. The molecular formula is C15H23N5. The highest BCUT2D eigenvalue weighted by Crippen LogP contribution is 2.18. The SMILES string of the molecule is CC(NCc1cccn1C)c1nnc2n1CCCCC2. The minimum absolute atomic E-state index is 0.226. The zero-order valence-electron chi connectivity index (χ0n) is 12.3. The van der Waals surface area contributed by atoms with Crippen molar-refractivity contribution in [2.45, 2.75) is 51.7 Å². The van der Waals surface area contributed by atoms with Crippen LogP contribution >= 0.6 is 0 Å². The van der Waals surface area contributed by atoms with E-state index in [2.05, 4.69) is 56.9 Å². The first kappa shape index (κ1) is 13.4. The molecule has 0 aliphatic carbocycles. The quantitative estimate of drug-likeness (QED) is 0.929. The van der Waals surface area contributed by atoms with Gasteiger partial charge >= 0.3 is 0 Å². The molecule has 0 aromatic carbocycles. The van der Waals surface area contributed by atoms with Crippen LogP contribution in [0.1, 0.15) is 49.6 Å². The number of nitrogens with one attached hydrogen (secondary N) is 1. The third-order valence-corrected chi connectivity index (χ3v) is 4.17. The Labute approximate surface area is 120 Å². The molecule has 0 saturated heterocycles. The summed E-state index contributed by atoms with van der Waals surface area (Å²) in [6.07, 6.45) is 6.92. The van der Waals surface area contributed by atoms with E-state index in [-0.39, 0.29) is 6.04 Å². The fourth-order valence-electron chi connectivity index (χ4n) is 2.86. The van der Waals surface area contributed by atoms with Crippen molar-refractivity contribution in [3.05, 3.63) is 35.7 Å². The van der Waals surface area contributed by atoms with Crippen molar-refractivity contribution in [3.8, 4) is 0 Å². The van der Waals surface area contributed by atoms with Crippen LogP contribution in [0.4, 0.5) is 0 Å². The van der Waals surface area contributed by atoms with Gasteiger partial charge in [-0.15, -0.1) is 10.2 Å². The van der Waals surface area contributed by atoms with Gasteiger partial charge in [-0.3, -0.25) is 0 Å². The normalized spacial score (nSPS) is 16.7. The van der Waals surface area contributed by atoms with Crippen molar-refractivity contribution >= 4 is 0 Å². The molecule has 3 heterocycles. The first-order valence-corrected chi connectivity index (χ1v) is 7.51. The minimum Gasteiger partial charge on any atom is -0.353 e. The molecule has 20 heavy (non-hydrogen) atoms. The molecule has 1 atom stereocenters. The maximum Gasteiger partial charge on any atom is 0.149 e. The van der Waals surface area contributed by atoms with Gasteiger partial charge in [-0.25, -0.2) is 0 Å². The monoisotopic (exact) mass is 273 g/mol. The van der Waals surface area contributed by atoms with Crippen LogP contribution in [-0.2, 0) is 26.6 Å². The molecule has 3 rings (SSSR count). The molecule has 2 aromatic rings. The highest BCUT2D eigenvalue weighted by Gasteiger charge is 2.18. The lowest BCUT2D eigenvalue weighted by atomic mass is 10.2. The molecule has 0 fully saturated rings. The Kier molecular flexibility index (Phi) is 3.87. The molecule has 0 amide bonds. The third kappa shape index (κ3) is 2.63. The number of fused-ring (bicyclic) bond motifs is 1. The molecule has 5 heteroatoms. The highest BCUT2D eigenvalue weighted by atomic mass is 15.3. The summed E-state index contributed by atoms with van der Waals surface area (Å²) < 4.78 is 4.46. The summed E-state index contributed by atoms with van der Waals surface area (Å²) in [5.74, 6) is 2.24. The minimum atomic E-state index is 0.226. The number of aryl methyl sites for hydroxylation is 2. The van der Waals surface area contributed by atoms with Crippen LogP contribution in [0.3, 0.4) is 0 Å². The van der Waals surface area contributed by atoms with Crippen molar-refractivity contribution in [3.63, 3.8) is 0 Å². The maximum absolute atomic E-state index is 4.41. The van der Waals surface area contributed by atoms with Crippen molar-refractivity contribution in [2.75, 3.05) is 0 Å². The van der Waals surface area contributed by atoms with Gasteiger partial charge < -0.3 is 14.5 Å². The van der Waals surface area contributed by atoms with Gasteiger partial charge in [0.1, 0.15) is 11.6 Å². The van der Waals surface area contributed by atoms with Gasteiger partial charge in [0.2, 0.25) is 0 Å². The van der Waals surface area contributed by atoms with E-state index in [0.717, 1.165) is 31.2 Å². The van der Waals surface area contributed by atoms with E-state index in [0.29, 0.717) is 0 Å². The molecule has 0 radical (unpaired) electrons. The fraction of sp³-hybridized carbons (Fsp3) is 0.600. The molecule has 0 spiro atoms. The Hall–Kier alpha value is -1.62. The molecule has 5 nitrogen and oxygen atoms in total. The number of hydrogen-bond donors (Lipinski definition) is 1. The van der Waals surface area contributed by atoms with Gasteiger partial charge in [-0.2, -0.15) is 0 Å². The van der Waals surface area contributed by atoms with E-state index < -0.39 is 0 Å². The van der Waals surface area contributed by atoms with E-state index in [9.17, 15) is 0 Å². The van der Waals surface area contributed by atoms with Gasteiger partial charge in [-0.1, -0.05) is 6.42 Å². The average molecular weight is 273 g/mol. The summed E-state index contributed by atoms with van der Waals surface area (Å²) in [6.45, 7) is 4.09. The van der Waals surface area contributed by atoms with Gasteiger partial charge in [-0.05, 0) is 31.9 Å². The van der Waals surface area contributed by atoms with E-state index in [4.69, 9.17) is 0 Å². The number of rotatable bonds is 4. The van der Waals surface area contributed by atoms with Crippen molar-refractivity contribution < 1.29 is 0 Å². The van der Waals surface area contributed by atoms with Crippen LogP contribution in [-0.4, -0.2) is 19.3 Å². The molecule has 108 valence electrons. The van der Waals surface area contributed by atoms with Gasteiger partial charge in [0, 0.05) is 38.4 Å². The topological polar surface area (TPSA) is 47.7 Å². The van der Waals surface area contributed by atoms with Crippen LogP contribution in [0.15, 0.2) is 18.3 Å². The molecule has 0 bridgehead atoms. The zero-order valence-corrected chi connectivity index (χ0v) is 12.3. The summed E-state index contributed by atoms with van der Waals surface area (Å²) in [5, 5.41) is 12.3. The van der Waals surface area contributed by atoms with E-state index in [1.165, 1.54) is 25.0 Å². The molecule has 0 saturated carbocycles. The zero-order chi connectivity index (χ0) is 13.9. The smallest absolute Gasteiger partial charge is 0.149 e. The summed E-state index contributed by atoms with van der Waals surface area (Å²) in [4.78, 5) is 0. The Morgan fingerprint density at radius 3 is 3.00 bits per heavy atom. The molecule has 2 aromatic heterocycles. The standard InChI is InChI=1S/C15H23N5/c1-12(16-11-13-7-6-9-19(13)2)15-18-17-14-8-4-3-5-10-20(14)15/h6-7,9,12,16H,3-5,8,10-11H2,1-2H3. The van der Waals surface area contributed by atoms with Gasteiger partial charge in [0.25, 0.3) is 0 Å². The first-order chi connectivity index (χ1) is 9.75. The Balaban J connectivity index is 1.69. The van der Waals surface area contributed by atoms with Gasteiger partial charge in [0.15, 0.2) is 0 Å². The van der Waals surface area contributed by atoms with Crippen LogP contribution in [0.25, 0.3) is 0 Å². The molecule has 1 unspecified atom stereocenters. The lowest BCUT2D eigenvalue weighted by molar-refractivity contribution is 0.494.